The first kappa shape index (κ1) is 14.0. The van der Waals surface area contributed by atoms with Gasteiger partial charge in [0.25, 0.3) is 5.69 Å². The van der Waals surface area contributed by atoms with Crippen molar-refractivity contribution < 1.29 is 4.92 Å². The fraction of sp³-hybridized carbons (Fsp3) is 0.250. The van der Waals surface area contributed by atoms with Crippen LogP contribution in [0.25, 0.3) is 0 Å². The summed E-state index contributed by atoms with van der Waals surface area (Å²) < 4.78 is 0. The van der Waals surface area contributed by atoms with E-state index in [0.717, 1.165) is 18.5 Å². The Kier molecular flexibility index (Phi) is 3.71. The van der Waals surface area contributed by atoms with Crippen molar-refractivity contribution in [1.29, 1.82) is 5.26 Å². The van der Waals surface area contributed by atoms with Gasteiger partial charge in [0.2, 0.25) is 0 Å². The highest BCUT2D eigenvalue weighted by Gasteiger charge is 2.30. The van der Waals surface area contributed by atoms with Gasteiger partial charge in [-0.05, 0) is 25.0 Å². The van der Waals surface area contributed by atoms with E-state index in [1.165, 1.54) is 6.07 Å². The third-order valence-corrected chi connectivity index (χ3v) is 3.71. The minimum absolute atomic E-state index is 0.134. The van der Waals surface area contributed by atoms with Gasteiger partial charge in [0, 0.05) is 17.7 Å². The van der Waals surface area contributed by atoms with Crippen LogP contribution in [0.15, 0.2) is 42.6 Å². The molecule has 0 saturated heterocycles. The summed E-state index contributed by atoms with van der Waals surface area (Å²) in [6, 6.07) is 12.7. The van der Waals surface area contributed by atoms with Crippen LogP contribution in [0.2, 0.25) is 0 Å². The van der Waals surface area contributed by atoms with Gasteiger partial charge in [-0.15, -0.1) is 0 Å². The topological polar surface area (TPSA) is 83.1 Å². The Bertz CT molecular complexity index is 733. The lowest BCUT2D eigenvalue weighted by molar-refractivity contribution is -0.385. The highest BCUT2D eigenvalue weighted by atomic mass is 16.6. The van der Waals surface area contributed by atoms with E-state index in [9.17, 15) is 10.1 Å². The number of pyridine rings is 1. The highest BCUT2D eigenvalue weighted by Crippen LogP contribution is 2.34. The van der Waals surface area contributed by atoms with E-state index >= 15 is 0 Å². The first-order valence-corrected chi connectivity index (χ1v) is 7.04. The van der Waals surface area contributed by atoms with Crippen LogP contribution >= 0.6 is 0 Å². The molecular weight excluding hydrogens is 280 g/mol. The number of rotatable bonds is 5. The molecule has 0 unspecified atom stereocenters. The van der Waals surface area contributed by atoms with E-state index < -0.39 is 0 Å². The van der Waals surface area contributed by atoms with Crippen molar-refractivity contribution in [2.45, 2.75) is 25.4 Å². The number of hydrogen-bond donors (Lipinski definition) is 0. The molecular formula is C16H14N4O2. The van der Waals surface area contributed by atoms with E-state index in [2.05, 4.69) is 9.88 Å². The summed E-state index contributed by atoms with van der Waals surface area (Å²) in [6.07, 6.45) is 3.80. The average molecular weight is 294 g/mol. The summed E-state index contributed by atoms with van der Waals surface area (Å²) in [6.45, 7) is 0.468. The SMILES string of the molecule is N#Cc1ccc(N(Cc2ccccc2[N+](=O)[O-])C2CC2)cn1. The van der Waals surface area contributed by atoms with Gasteiger partial charge in [0.1, 0.15) is 11.8 Å². The summed E-state index contributed by atoms with van der Waals surface area (Å²) in [4.78, 5) is 17.0. The second-order valence-corrected chi connectivity index (χ2v) is 5.26. The smallest absolute Gasteiger partial charge is 0.274 e. The fourth-order valence-electron chi connectivity index (χ4n) is 2.45. The summed E-state index contributed by atoms with van der Waals surface area (Å²) in [5, 5.41) is 20.0. The summed E-state index contributed by atoms with van der Waals surface area (Å²) >= 11 is 0. The molecule has 1 aliphatic rings. The molecule has 0 radical (unpaired) electrons. The van der Waals surface area contributed by atoms with Gasteiger partial charge in [-0.1, -0.05) is 18.2 Å². The van der Waals surface area contributed by atoms with Gasteiger partial charge in [0.15, 0.2) is 0 Å². The minimum Gasteiger partial charge on any atom is -0.363 e. The molecule has 1 fully saturated rings. The third-order valence-electron chi connectivity index (χ3n) is 3.71. The zero-order valence-corrected chi connectivity index (χ0v) is 11.8. The lowest BCUT2D eigenvalue weighted by Gasteiger charge is -2.24. The first-order chi connectivity index (χ1) is 10.7. The Morgan fingerprint density at radius 3 is 2.68 bits per heavy atom. The van der Waals surface area contributed by atoms with Gasteiger partial charge >= 0.3 is 0 Å². The molecule has 1 aromatic carbocycles. The second-order valence-electron chi connectivity index (χ2n) is 5.26. The summed E-state index contributed by atoms with van der Waals surface area (Å²) in [5.74, 6) is 0. The average Bonchev–Trinajstić information content (AvgIpc) is 3.38. The maximum atomic E-state index is 11.1. The fourth-order valence-corrected chi connectivity index (χ4v) is 2.45. The normalized spacial score (nSPS) is 13.4. The second kappa shape index (κ2) is 5.82. The number of benzene rings is 1. The van der Waals surface area contributed by atoms with Crippen LogP contribution in [0.4, 0.5) is 11.4 Å². The highest BCUT2D eigenvalue weighted by molar-refractivity contribution is 5.51. The van der Waals surface area contributed by atoms with Gasteiger partial charge in [-0.2, -0.15) is 5.26 Å². The molecule has 6 heteroatoms. The number of nitro groups is 1. The number of anilines is 1. The first-order valence-electron chi connectivity index (χ1n) is 7.04. The molecule has 1 aromatic heterocycles. The number of para-hydroxylation sites is 1. The lowest BCUT2D eigenvalue weighted by Crippen LogP contribution is -2.25. The van der Waals surface area contributed by atoms with E-state index in [1.807, 2.05) is 18.2 Å². The zero-order valence-electron chi connectivity index (χ0n) is 11.8. The molecule has 0 atom stereocenters. The van der Waals surface area contributed by atoms with Crippen molar-refractivity contribution in [3.63, 3.8) is 0 Å². The minimum atomic E-state index is -0.350. The summed E-state index contributed by atoms with van der Waals surface area (Å²) in [7, 11) is 0. The largest absolute Gasteiger partial charge is 0.363 e. The number of nitrogens with zero attached hydrogens (tertiary/aromatic N) is 4. The van der Waals surface area contributed by atoms with Crippen molar-refractivity contribution in [3.05, 3.63) is 64.0 Å². The number of hydrogen-bond acceptors (Lipinski definition) is 5. The quantitative estimate of drug-likeness (QED) is 0.625. The van der Waals surface area contributed by atoms with E-state index in [-0.39, 0.29) is 10.6 Å². The number of nitriles is 1. The molecule has 0 spiro atoms. The Balaban J connectivity index is 1.89. The zero-order chi connectivity index (χ0) is 15.5. The van der Waals surface area contributed by atoms with Crippen LogP contribution in [0, 0.1) is 21.4 Å². The Hall–Kier alpha value is -2.94. The molecule has 1 saturated carbocycles. The molecule has 0 amide bonds. The lowest BCUT2D eigenvalue weighted by atomic mass is 10.1. The molecule has 0 bridgehead atoms. The summed E-state index contributed by atoms with van der Waals surface area (Å²) in [5.41, 5.74) is 2.07. The molecule has 3 rings (SSSR count). The number of nitro benzene ring substituents is 1. The van der Waals surface area contributed by atoms with E-state index in [1.54, 1.807) is 24.4 Å². The molecule has 2 aromatic rings. The Morgan fingerprint density at radius 1 is 1.32 bits per heavy atom. The molecule has 110 valence electrons. The molecule has 6 nitrogen and oxygen atoms in total. The van der Waals surface area contributed by atoms with Crippen LogP contribution in [-0.4, -0.2) is 15.9 Å². The van der Waals surface area contributed by atoms with Crippen LogP contribution in [0.5, 0.6) is 0 Å². The molecule has 0 aliphatic heterocycles. The van der Waals surface area contributed by atoms with Gasteiger partial charge in [-0.25, -0.2) is 4.98 Å². The van der Waals surface area contributed by atoms with Crippen molar-refractivity contribution in [2.75, 3.05) is 4.90 Å². The van der Waals surface area contributed by atoms with E-state index in [0.29, 0.717) is 23.8 Å². The predicted molar refractivity (Wildman–Crippen MR) is 81.3 cm³/mol. The van der Waals surface area contributed by atoms with Gasteiger partial charge in [0.05, 0.1) is 23.4 Å². The van der Waals surface area contributed by atoms with Crippen LogP contribution < -0.4 is 4.90 Å². The van der Waals surface area contributed by atoms with Crippen molar-refractivity contribution in [2.24, 2.45) is 0 Å². The van der Waals surface area contributed by atoms with Crippen molar-refractivity contribution in [1.82, 2.24) is 4.98 Å². The van der Waals surface area contributed by atoms with E-state index in [4.69, 9.17) is 5.26 Å². The van der Waals surface area contributed by atoms with Gasteiger partial charge in [-0.3, -0.25) is 10.1 Å². The molecule has 1 heterocycles. The standard InChI is InChI=1S/C16H14N4O2/c17-9-13-5-6-15(10-18-13)19(14-7-8-14)11-12-3-1-2-4-16(12)20(21)22/h1-6,10,14H,7-8,11H2. The van der Waals surface area contributed by atoms with Crippen molar-refractivity contribution in [3.8, 4) is 6.07 Å². The Labute approximate surface area is 127 Å². The maximum Gasteiger partial charge on any atom is 0.274 e. The van der Waals surface area contributed by atoms with Crippen LogP contribution in [0.1, 0.15) is 24.1 Å². The maximum absolute atomic E-state index is 11.1. The van der Waals surface area contributed by atoms with Crippen LogP contribution in [0.3, 0.4) is 0 Å². The Morgan fingerprint density at radius 2 is 2.09 bits per heavy atom. The molecule has 22 heavy (non-hydrogen) atoms. The van der Waals surface area contributed by atoms with Crippen LogP contribution in [-0.2, 0) is 6.54 Å². The third kappa shape index (κ3) is 2.88. The van der Waals surface area contributed by atoms with Gasteiger partial charge < -0.3 is 4.90 Å². The predicted octanol–water partition coefficient (Wildman–Crippen LogP) is 3.03. The monoisotopic (exact) mass is 294 g/mol. The molecule has 0 N–H and O–H groups in total. The molecule has 1 aliphatic carbocycles. The number of aromatic nitrogens is 1. The van der Waals surface area contributed by atoms with Crippen molar-refractivity contribution >= 4 is 11.4 Å².